The van der Waals surface area contributed by atoms with Crippen LogP contribution in [0.3, 0.4) is 0 Å². The highest BCUT2D eigenvalue weighted by Gasteiger charge is 2.20. The van der Waals surface area contributed by atoms with Crippen molar-refractivity contribution in [2.75, 3.05) is 13.1 Å². The van der Waals surface area contributed by atoms with Crippen LogP contribution in [0, 0.1) is 15.9 Å². The number of carbonyl (C=O) groups is 2. The number of nitro groups is 1. The molecule has 0 radical (unpaired) electrons. The van der Waals surface area contributed by atoms with Gasteiger partial charge in [0.25, 0.3) is 5.91 Å². The zero-order chi connectivity index (χ0) is 19.4. The molecule has 1 fully saturated rings. The highest BCUT2D eigenvalue weighted by atomic mass is 19.1. The molecule has 0 saturated carbocycles. The summed E-state index contributed by atoms with van der Waals surface area (Å²) < 4.78 is 18.7. The lowest BCUT2D eigenvalue weighted by molar-refractivity contribution is -0.387. The fourth-order valence-corrected chi connectivity index (χ4v) is 2.86. The minimum Gasteiger partial charge on any atom is -0.457 e. The monoisotopic (exact) mass is 372 g/mol. The van der Waals surface area contributed by atoms with Gasteiger partial charge < -0.3 is 9.64 Å². The zero-order valence-electron chi connectivity index (χ0n) is 14.4. The lowest BCUT2D eigenvalue weighted by Crippen LogP contribution is -2.27. The van der Waals surface area contributed by atoms with Gasteiger partial charge in [-0.15, -0.1) is 0 Å². The molecule has 0 bridgehead atoms. The van der Waals surface area contributed by atoms with Crippen molar-refractivity contribution in [1.82, 2.24) is 4.90 Å². The molecule has 2 aromatic rings. The topological polar surface area (TPSA) is 89.8 Å². The van der Waals surface area contributed by atoms with E-state index < -0.39 is 22.4 Å². The number of rotatable bonds is 5. The van der Waals surface area contributed by atoms with Crippen molar-refractivity contribution in [1.29, 1.82) is 0 Å². The number of benzene rings is 2. The van der Waals surface area contributed by atoms with E-state index in [0.717, 1.165) is 44.1 Å². The van der Waals surface area contributed by atoms with Gasteiger partial charge in [0.15, 0.2) is 0 Å². The Morgan fingerprint density at radius 2 is 1.70 bits per heavy atom. The van der Waals surface area contributed by atoms with Crippen LogP contribution in [-0.2, 0) is 11.3 Å². The first-order chi connectivity index (χ1) is 13.0. The van der Waals surface area contributed by atoms with Crippen LogP contribution in [0.5, 0.6) is 0 Å². The Hall–Kier alpha value is -3.29. The van der Waals surface area contributed by atoms with Crippen molar-refractivity contribution in [3.8, 4) is 0 Å². The van der Waals surface area contributed by atoms with Crippen LogP contribution in [0.1, 0.15) is 39.1 Å². The third kappa shape index (κ3) is 4.28. The number of hydrogen-bond donors (Lipinski definition) is 0. The van der Waals surface area contributed by atoms with Gasteiger partial charge in [0.05, 0.1) is 10.5 Å². The molecule has 140 valence electrons. The van der Waals surface area contributed by atoms with Crippen LogP contribution in [0.4, 0.5) is 10.1 Å². The third-order valence-corrected chi connectivity index (χ3v) is 4.34. The number of likely N-dealkylation sites (tertiary alicyclic amines) is 1. The summed E-state index contributed by atoms with van der Waals surface area (Å²) in [5.41, 5.74) is 0.428. The van der Waals surface area contributed by atoms with Crippen LogP contribution in [0.25, 0.3) is 0 Å². The Bertz CT molecular complexity index is 876. The molecule has 3 rings (SSSR count). The second-order valence-corrected chi connectivity index (χ2v) is 6.20. The molecule has 1 saturated heterocycles. The van der Waals surface area contributed by atoms with Crippen molar-refractivity contribution >= 4 is 17.6 Å². The van der Waals surface area contributed by atoms with E-state index in [0.29, 0.717) is 11.1 Å². The Morgan fingerprint density at radius 3 is 2.30 bits per heavy atom. The van der Waals surface area contributed by atoms with E-state index in [2.05, 4.69) is 0 Å². The van der Waals surface area contributed by atoms with Gasteiger partial charge in [-0.25, -0.2) is 4.79 Å². The predicted octanol–water partition coefficient (Wildman–Crippen LogP) is 3.33. The molecule has 1 heterocycles. The SMILES string of the molecule is O=C(OCc1ccc(C(=O)N2CCCC2)cc1)c1ccc([N+](=O)[O-])c(F)c1. The quantitative estimate of drug-likeness (QED) is 0.456. The van der Waals surface area contributed by atoms with E-state index in [-0.39, 0.29) is 18.1 Å². The summed E-state index contributed by atoms with van der Waals surface area (Å²) >= 11 is 0. The molecule has 0 spiro atoms. The zero-order valence-corrected chi connectivity index (χ0v) is 14.4. The fraction of sp³-hybridized carbons (Fsp3) is 0.263. The lowest BCUT2D eigenvalue weighted by Gasteiger charge is -2.15. The molecule has 1 aliphatic rings. The number of halogens is 1. The molecule has 0 aromatic heterocycles. The summed E-state index contributed by atoms with van der Waals surface area (Å²) in [7, 11) is 0. The first-order valence-electron chi connectivity index (χ1n) is 8.45. The molecule has 8 heteroatoms. The highest BCUT2D eigenvalue weighted by Crippen LogP contribution is 2.19. The largest absolute Gasteiger partial charge is 0.457 e. The fourth-order valence-electron chi connectivity index (χ4n) is 2.86. The number of nitrogens with zero attached hydrogens (tertiary/aromatic N) is 2. The van der Waals surface area contributed by atoms with Crippen molar-refractivity contribution in [2.45, 2.75) is 19.4 Å². The molecule has 0 unspecified atom stereocenters. The third-order valence-electron chi connectivity index (χ3n) is 4.34. The minimum atomic E-state index is -1.10. The van der Waals surface area contributed by atoms with Crippen LogP contribution >= 0.6 is 0 Å². The summed E-state index contributed by atoms with van der Waals surface area (Å²) in [4.78, 5) is 35.8. The standard InChI is InChI=1S/C19H17FN2O5/c20-16-11-15(7-8-17(16)22(25)26)19(24)27-12-13-3-5-14(6-4-13)18(23)21-9-1-2-10-21/h3-8,11H,1-2,9-10,12H2. The lowest BCUT2D eigenvalue weighted by atomic mass is 10.1. The summed E-state index contributed by atoms with van der Waals surface area (Å²) in [5, 5.41) is 10.6. The van der Waals surface area contributed by atoms with E-state index in [1.807, 2.05) is 0 Å². The Morgan fingerprint density at radius 1 is 1.07 bits per heavy atom. The van der Waals surface area contributed by atoms with Gasteiger partial charge in [-0.3, -0.25) is 14.9 Å². The minimum absolute atomic E-state index is 0.0163. The number of hydrogen-bond acceptors (Lipinski definition) is 5. The average molecular weight is 372 g/mol. The van der Waals surface area contributed by atoms with E-state index in [1.165, 1.54) is 0 Å². The molecule has 7 nitrogen and oxygen atoms in total. The van der Waals surface area contributed by atoms with Gasteiger partial charge in [-0.05, 0) is 42.7 Å². The van der Waals surface area contributed by atoms with Crippen LogP contribution in [0.15, 0.2) is 42.5 Å². The second-order valence-electron chi connectivity index (χ2n) is 6.20. The van der Waals surface area contributed by atoms with Gasteiger partial charge in [-0.2, -0.15) is 4.39 Å². The van der Waals surface area contributed by atoms with Crippen molar-refractivity contribution in [3.05, 3.63) is 75.1 Å². The number of ether oxygens (including phenoxy) is 1. The predicted molar refractivity (Wildman–Crippen MR) is 93.8 cm³/mol. The van der Waals surface area contributed by atoms with E-state index in [1.54, 1.807) is 29.2 Å². The van der Waals surface area contributed by atoms with E-state index >= 15 is 0 Å². The number of esters is 1. The average Bonchev–Trinajstić information content (AvgIpc) is 3.20. The summed E-state index contributed by atoms with van der Waals surface area (Å²) in [6, 6.07) is 9.56. The van der Waals surface area contributed by atoms with Crippen molar-refractivity contribution in [2.24, 2.45) is 0 Å². The summed E-state index contributed by atoms with van der Waals surface area (Å²) in [5.74, 6) is -1.90. The van der Waals surface area contributed by atoms with E-state index in [9.17, 15) is 24.1 Å². The van der Waals surface area contributed by atoms with Gasteiger partial charge >= 0.3 is 11.7 Å². The number of amides is 1. The maximum absolute atomic E-state index is 13.6. The molecule has 0 aliphatic carbocycles. The Balaban J connectivity index is 1.59. The molecular weight excluding hydrogens is 355 g/mol. The smallest absolute Gasteiger partial charge is 0.338 e. The van der Waals surface area contributed by atoms with Crippen molar-refractivity contribution < 1.29 is 23.6 Å². The van der Waals surface area contributed by atoms with Gasteiger partial charge in [-0.1, -0.05) is 12.1 Å². The normalized spacial score (nSPS) is 13.4. The molecule has 1 aliphatic heterocycles. The van der Waals surface area contributed by atoms with Gasteiger partial charge in [0, 0.05) is 24.7 Å². The maximum atomic E-state index is 13.6. The van der Waals surface area contributed by atoms with Crippen molar-refractivity contribution in [3.63, 3.8) is 0 Å². The molecular formula is C19H17FN2O5. The summed E-state index contributed by atoms with van der Waals surface area (Å²) in [6.45, 7) is 1.48. The highest BCUT2D eigenvalue weighted by molar-refractivity contribution is 5.94. The summed E-state index contributed by atoms with van der Waals surface area (Å²) in [6.07, 6.45) is 2.03. The Kier molecular flexibility index (Phi) is 5.44. The second kappa shape index (κ2) is 7.94. The van der Waals surface area contributed by atoms with Crippen LogP contribution in [0.2, 0.25) is 0 Å². The van der Waals surface area contributed by atoms with Crippen LogP contribution < -0.4 is 0 Å². The van der Waals surface area contributed by atoms with Gasteiger partial charge in [0.1, 0.15) is 6.61 Å². The molecule has 0 atom stereocenters. The maximum Gasteiger partial charge on any atom is 0.338 e. The van der Waals surface area contributed by atoms with Gasteiger partial charge in [0.2, 0.25) is 5.82 Å². The Labute approximate surface area is 154 Å². The number of nitro benzene ring substituents is 1. The molecule has 27 heavy (non-hydrogen) atoms. The molecule has 1 amide bonds. The first-order valence-corrected chi connectivity index (χ1v) is 8.45. The first kappa shape index (κ1) is 18.5. The van der Waals surface area contributed by atoms with Crippen LogP contribution in [-0.4, -0.2) is 34.8 Å². The van der Waals surface area contributed by atoms with E-state index in [4.69, 9.17) is 4.74 Å². The number of carbonyl (C=O) groups excluding carboxylic acids is 2. The molecule has 2 aromatic carbocycles. The molecule has 0 N–H and O–H groups in total.